The molecule has 0 aliphatic carbocycles. The van der Waals surface area contributed by atoms with Gasteiger partial charge < -0.3 is 14.6 Å². The van der Waals surface area contributed by atoms with E-state index in [0.717, 1.165) is 18.4 Å². The zero-order valence-electron chi connectivity index (χ0n) is 12.1. The second kappa shape index (κ2) is 5.20. The molecule has 0 atom stereocenters. The SMILES string of the molecule is COc1nc2[nH]cc(C(=O)C(=O)N3CCCC3)c2cc1C. The number of pyridine rings is 1. The minimum absolute atomic E-state index is 0.375. The summed E-state index contributed by atoms with van der Waals surface area (Å²) in [4.78, 5) is 33.5. The molecule has 1 amide bonds. The number of amides is 1. The fourth-order valence-electron chi connectivity index (χ4n) is 2.70. The first kappa shape index (κ1) is 13.6. The number of nitrogens with one attached hydrogen (secondary N) is 1. The van der Waals surface area contributed by atoms with Crippen molar-refractivity contribution in [2.45, 2.75) is 19.8 Å². The van der Waals surface area contributed by atoms with E-state index < -0.39 is 11.7 Å². The summed E-state index contributed by atoms with van der Waals surface area (Å²) in [5, 5.41) is 0.658. The quantitative estimate of drug-likeness (QED) is 0.688. The molecule has 3 heterocycles. The van der Waals surface area contributed by atoms with Crippen LogP contribution in [0.2, 0.25) is 0 Å². The molecule has 1 fully saturated rings. The third-order valence-electron chi connectivity index (χ3n) is 3.84. The van der Waals surface area contributed by atoms with Gasteiger partial charge in [0.2, 0.25) is 5.88 Å². The lowest BCUT2D eigenvalue weighted by Gasteiger charge is -2.13. The predicted molar refractivity (Wildman–Crippen MR) is 77.5 cm³/mol. The number of nitrogens with zero attached hydrogens (tertiary/aromatic N) is 2. The summed E-state index contributed by atoms with van der Waals surface area (Å²) in [6.45, 7) is 3.19. The molecule has 21 heavy (non-hydrogen) atoms. The maximum atomic E-state index is 12.4. The van der Waals surface area contributed by atoms with Crippen LogP contribution in [0.15, 0.2) is 12.3 Å². The minimum Gasteiger partial charge on any atom is -0.481 e. The van der Waals surface area contributed by atoms with Gasteiger partial charge >= 0.3 is 0 Å². The average molecular weight is 287 g/mol. The Balaban J connectivity index is 1.98. The molecule has 0 bridgehead atoms. The maximum Gasteiger partial charge on any atom is 0.295 e. The Hall–Kier alpha value is -2.37. The molecule has 0 radical (unpaired) electrons. The van der Waals surface area contributed by atoms with Gasteiger partial charge in [0.15, 0.2) is 0 Å². The van der Waals surface area contributed by atoms with Crippen LogP contribution in [0, 0.1) is 6.92 Å². The lowest BCUT2D eigenvalue weighted by Crippen LogP contribution is -2.34. The summed E-state index contributed by atoms with van der Waals surface area (Å²) < 4.78 is 5.16. The fourth-order valence-corrected chi connectivity index (χ4v) is 2.70. The van der Waals surface area contributed by atoms with Crippen LogP contribution in [0.3, 0.4) is 0 Å². The van der Waals surface area contributed by atoms with Gasteiger partial charge in [-0.15, -0.1) is 0 Å². The van der Waals surface area contributed by atoms with Crippen molar-refractivity contribution in [2.75, 3.05) is 20.2 Å². The third-order valence-corrected chi connectivity index (χ3v) is 3.84. The third kappa shape index (κ3) is 2.26. The number of carbonyl (C=O) groups is 2. The molecular weight excluding hydrogens is 270 g/mol. The number of H-pyrrole nitrogens is 1. The molecule has 110 valence electrons. The van der Waals surface area contributed by atoms with Gasteiger partial charge in [-0.2, -0.15) is 4.98 Å². The Bertz CT molecular complexity index is 714. The number of methoxy groups -OCH3 is 1. The summed E-state index contributed by atoms with van der Waals surface area (Å²) in [5.41, 5.74) is 1.75. The van der Waals surface area contributed by atoms with E-state index in [2.05, 4.69) is 9.97 Å². The van der Waals surface area contributed by atoms with Crippen LogP contribution in [0.25, 0.3) is 11.0 Å². The van der Waals surface area contributed by atoms with E-state index in [4.69, 9.17) is 4.74 Å². The number of aromatic nitrogens is 2. The molecule has 3 rings (SSSR count). The number of likely N-dealkylation sites (tertiary alicyclic amines) is 1. The number of Topliss-reactive ketones (excluding diaryl/α,β-unsaturated/α-hetero) is 1. The lowest BCUT2D eigenvalue weighted by molar-refractivity contribution is -0.125. The van der Waals surface area contributed by atoms with E-state index in [0.29, 0.717) is 35.6 Å². The number of aromatic amines is 1. The van der Waals surface area contributed by atoms with Crippen molar-refractivity contribution in [3.8, 4) is 5.88 Å². The molecule has 2 aromatic rings. The van der Waals surface area contributed by atoms with Crippen molar-refractivity contribution in [2.24, 2.45) is 0 Å². The number of ketones is 1. The molecule has 0 unspecified atom stereocenters. The van der Waals surface area contributed by atoms with Gasteiger partial charge in [-0.25, -0.2) is 0 Å². The van der Waals surface area contributed by atoms with Gasteiger partial charge in [-0.3, -0.25) is 9.59 Å². The Morgan fingerprint density at radius 3 is 2.71 bits per heavy atom. The number of fused-ring (bicyclic) bond motifs is 1. The summed E-state index contributed by atoms with van der Waals surface area (Å²) in [7, 11) is 1.55. The highest BCUT2D eigenvalue weighted by molar-refractivity contribution is 6.44. The van der Waals surface area contributed by atoms with Crippen LogP contribution in [0.4, 0.5) is 0 Å². The van der Waals surface area contributed by atoms with Crippen molar-refractivity contribution >= 4 is 22.7 Å². The molecule has 0 spiro atoms. The Morgan fingerprint density at radius 2 is 2.05 bits per heavy atom. The first-order valence-corrected chi connectivity index (χ1v) is 6.98. The Labute approximate surface area is 122 Å². The van der Waals surface area contributed by atoms with Crippen LogP contribution in [0.1, 0.15) is 28.8 Å². The summed E-state index contributed by atoms with van der Waals surface area (Å²) in [5.74, 6) is -0.398. The van der Waals surface area contributed by atoms with Crippen LogP contribution < -0.4 is 4.74 Å². The molecular formula is C15H17N3O3. The van der Waals surface area contributed by atoms with Crippen LogP contribution >= 0.6 is 0 Å². The number of aryl methyl sites for hydroxylation is 1. The Kier molecular flexibility index (Phi) is 3.37. The number of ether oxygens (including phenoxy) is 1. The molecule has 0 aromatic carbocycles. The van der Waals surface area contributed by atoms with E-state index in [1.165, 1.54) is 0 Å². The van der Waals surface area contributed by atoms with E-state index in [1.54, 1.807) is 18.2 Å². The van der Waals surface area contributed by atoms with E-state index in [1.807, 2.05) is 13.0 Å². The lowest BCUT2D eigenvalue weighted by atomic mass is 10.1. The molecule has 1 aliphatic heterocycles. The summed E-state index contributed by atoms with van der Waals surface area (Å²) >= 11 is 0. The monoisotopic (exact) mass is 287 g/mol. The topological polar surface area (TPSA) is 75.3 Å². The molecule has 1 N–H and O–H groups in total. The average Bonchev–Trinajstić information content (AvgIpc) is 3.14. The first-order chi connectivity index (χ1) is 10.1. The number of hydrogen-bond donors (Lipinski definition) is 1. The molecule has 1 aliphatic rings. The van der Waals surface area contributed by atoms with Gasteiger partial charge in [0.25, 0.3) is 11.7 Å². The zero-order chi connectivity index (χ0) is 15.0. The van der Waals surface area contributed by atoms with E-state index in [9.17, 15) is 9.59 Å². The molecule has 6 nitrogen and oxygen atoms in total. The van der Waals surface area contributed by atoms with E-state index >= 15 is 0 Å². The zero-order valence-corrected chi connectivity index (χ0v) is 12.1. The van der Waals surface area contributed by atoms with Crippen LogP contribution in [0.5, 0.6) is 5.88 Å². The second-order valence-electron chi connectivity index (χ2n) is 5.24. The highest BCUT2D eigenvalue weighted by atomic mass is 16.5. The molecule has 0 saturated carbocycles. The van der Waals surface area contributed by atoms with E-state index in [-0.39, 0.29) is 0 Å². The highest BCUT2D eigenvalue weighted by Gasteiger charge is 2.27. The Morgan fingerprint density at radius 1 is 1.33 bits per heavy atom. The summed E-state index contributed by atoms with van der Waals surface area (Å²) in [6.07, 6.45) is 3.47. The second-order valence-corrected chi connectivity index (χ2v) is 5.24. The van der Waals surface area contributed by atoms with Crippen molar-refractivity contribution in [3.05, 3.63) is 23.4 Å². The number of rotatable bonds is 3. The normalized spacial score (nSPS) is 14.7. The van der Waals surface area contributed by atoms with Crippen LogP contribution in [-0.2, 0) is 4.79 Å². The number of carbonyl (C=O) groups excluding carboxylic acids is 2. The van der Waals surface area contributed by atoms with Crippen molar-refractivity contribution in [1.29, 1.82) is 0 Å². The van der Waals surface area contributed by atoms with Crippen molar-refractivity contribution < 1.29 is 14.3 Å². The first-order valence-electron chi connectivity index (χ1n) is 6.98. The maximum absolute atomic E-state index is 12.4. The van der Waals surface area contributed by atoms with Gasteiger partial charge in [-0.1, -0.05) is 0 Å². The number of hydrogen-bond acceptors (Lipinski definition) is 4. The predicted octanol–water partition coefficient (Wildman–Crippen LogP) is 1.69. The molecule has 2 aromatic heterocycles. The minimum atomic E-state index is -0.477. The van der Waals surface area contributed by atoms with Gasteiger partial charge in [0, 0.05) is 30.2 Å². The molecule has 6 heteroatoms. The highest BCUT2D eigenvalue weighted by Crippen LogP contribution is 2.24. The largest absolute Gasteiger partial charge is 0.481 e. The van der Waals surface area contributed by atoms with Crippen LogP contribution in [-0.4, -0.2) is 46.8 Å². The van der Waals surface area contributed by atoms with Gasteiger partial charge in [-0.05, 0) is 25.8 Å². The van der Waals surface area contributed by atoms with Crippen molar-refractivity contribution in [3.63, 3.8) is 0 Å². The van der Waals surface area contributed by atoms with Gasteiger partial charge in [0.1, 0.15) is 5.65 Å². The smallest absolute Gasteiger partial charge is 0.295 e. The van der Waals surface area contributed by atoms with Crippen molar-refractivity contribution in [1.82, 2.24) is 14.9 Å². The molecule has 1 saturated heterocycles. The van der Waals surface area contributed by atoms with Gasteiger partial charge in [0.05, 0.1) is 12.7 Å². The fraction of sp³-hybridized carbons (Fsp3) is 0.400. The summed E-state index contributed by atoms with van der Waals surface area (Å²) in [6, 6.07) is 1.82. The standard InChI is InChI=1S/C15H17N3O3/c1-9-7-10-11(8-16-13(10)17-14(9)21-2)12(19)15(20)18-5-3-4-6-18/h7-8H,3-6H2,1-2H3,(H,16,17).